The quantitative estimate of drug-likeness (QED) is 0.442. The summed E-state index contributed by atoms with van der Waals surface area (Å²) in [6.45, 7) is 0.102. The van der Waals surface area contributed by atoms with Crippen LogP contribution in [0.2, 0.25) is 0 Å². The van der Waals surface area contributed by atoms with Crippen LogP contribution in [0.4, 0.5) is 0 Å². The van der Waals surface area contributed by atoms with E-state index in [1.54, 1.807) is 6.07 Å². The molecule has 0 radical (unpaired) electrons. The molecule has 32 heavy (non-hydrogen) atoms. The predicted octanol–water partition coefficient (Wildman–Crippen LogP) is 0.980. The highest BCUT2D eigenvalue weighted by Crippen LogP contribution is 2.34. The molecule has 1 aliphatic heterocycles. The van der Waals surface area contributed by atoms with Crippen LogP contribution in [0.3, 0.4) is 0 Å². The van der Waals surface area contributed by atoms with Gasteiger partial charge in [-0.05, 0) is 49.0 Å². The Morgan fingerprint density at radius 3 is 2.28 bits per heavy atom. The van der Waals surface area contributed by atoms with Crippen molar-refractivity contribution in [1.29, 1.82) is 0 Å². The molecular formula is C23H27N3O6. The number of nitrogens with zero attached hydrogens (tertiary/aromatic N) is 3. The third kappa shape index (κ3) is 4.58. The minimum absolute atomic E-state index is 0.448. The minimum Gasteiger partial charge on any atom is -0.419 e. The van der Waals surface area contributed by atoms with Crippen molar-refractivity contribution in [3.05, 3.63) is 60.0 Å². The molecule has 1 saturated heterocycles. The van der Waals surface area contributed by atoms with Gasteiger partial charge in [0.05, 0.1) is 13.2 Å². The van der Waals surface area contributed by atoms with E-state index < -0.39 is 37.1 Å². The zero-order valence-corrected chi connectivity index (χ0v) is 17.9. The van der Waals surface area contributed by atoms with Crippen molar-refractivity contribution in [3.8, 4) is 22.6 Å². The second kappa shape index (κ2) is 9.45. The lowest BCUT2D eigenvalue weighted by Gasteiger charge is -2.40. The van der Waals surface area contributed by atoms with Gasteiger partial charge in [-0.3, -0.25) is 0 Å². The fraction of sp³-hybridized carbons (Fsp3) is 0.391. The SMILES string of the molecule is CN(C)Cc1nnc(-c2ccc(-c3cccc([C@H]4O[C@H](CO)[C@@H](O)[C@H](O)[C@@H]4O)c3)cc2)o1. The third-order valence-corrected chi connectivity index (χ3v) is 5.49. The van der Waals surface area contributed by atoms with Crippen molar-refractivity contribution in [2.75, 3.05) is 20.7 Å². The molecule has 2 heterocycles. The van der Waals surface area contributed by atoms with Gasteiger partial charge in [0, 0.05) is 5.56 Å². The summed E-state index contributed by atoms with van der Waals surface area (Å²) in [7, 11) is 3.86. The van der Waals surface area contributed by atoms with Gasteiger partial charge < -0.3 is 34.5 Å². The summed E-state index contributed by atoms with van der Waals surface area (Å²) < 4.78 is 11.4. The van der Waals surface area contributed by atoms with Crippen molar-refractivity contribution in [2.45, 2.75) is 37.1 Å². The van der Waals surface area contributed by atoms with Crippen LogP contribution >= 0.6 is 0 Å². The Morgan fingerprint density at radius 2 is 1.59 bits per heavy atom. The molecule has 3 aromatic rings. The number of rotatable bonds is 6. The first-order valence-corrected chi connectivity index (χ1v) is 10.4. The first-order chi connectivity index (χ1) is 15.4. The Labute approximate surface area is 185 Å². The van der Waals surface area contributed by atoms with E-state index >= 15 is 0 Å². The number of benzene rings is 2. The van der Waals surface area contributed by atoms with Crippen LogP contribution in [0.25, 0.3) is 22.6 Å². The fourth-order valence-corrected chi connectivity index (χ4v) is 3.78. The van der Waals surface area contributed by atoms with Crippen molar-refractivity contribution in [2.24, 2.45) is 0 Å². The second-order valence-corrected chi connectivity index (χ2v) is 8.19. The molecule has 170 valence electrons. The number of hydrogen-bond donors (Lipinski definition) is 4. The van der Waals surface area contributed by atoms with Gasteiger partial charge in [0.1, 0.15) is 30.5 Å². The Bertz CT molecular complexity index is 1040. The van der Waals surface area contributed by atoms with Gasteiger partial charge in [-0.2, -0.15) is 0 Å². The number of hydrogen-bond acceptors (Lipinski definition) is 9. The van der Waals surface area contributed by atoms with Crippen molar-refractivity contribution in [3.63, 3.8) is 0 Å². The fourth-order valence-electron chi connectivity index (χ4n) is 3.78. The smallest absolute Gasteiger partial charge is 0.247 e. The van der Waals surface area contributed by atoms with Crippen LogP contribution in [0.1, 0.15) is 17.6 Å². The molecule has 4 N–H and O–H groups in total. The zero-order valence-electron chi connectivity index (χ0n) is 17.9. The van der Waals surface area contributed by atoms with E-state index in [-0.39, 0.29) is 0 Å². The number of ether oxygens (including phenoxy) is 1. The lowest BCUT2D eigenvalue weighted by molar-refractivity contribution is -0.231. The summed E-state index contributed by atoms with van der Waals surface area (Å²) in [6, 6.07) is 15.0. The summed E-state index contributed by atoms with van der Waals surface area (Å²) in [4.78, 5) is 1.95. The predicted molar refractivity (Wildman–Crippen MR) is 115 cm³/mol. The molecule has 0 saturated carbocycles. The molecule has 0 amide bonds. The van der Waals surface area contributed by atoms with Crippen LogP contribution in [0.15, 0.2) is 52.9 Å². The van der Waals surface area contributed by atoms with Crippen molar-refractivity contribution in [1.82, 2.24) is 15.1 Å². The minimum atomic E-state index is -1.42. The molecule has 0 bridgehead atoms. The van der Waals surface area contributed by atoms with Crippen LogP contribution in [-0.2, 0) is 11.3 Å². The lowest BCUT2D eigenvalue weighted by atomic mass is 9.90. The maximum absolute atomic E-state index is 10.4. The summed E-state index contributed by atoms with van der Waals surface area (Å²) in [5.74, 6) is 0.991. The average Bonchev–Trinajstić information content (AvgIpc) is 3.26. The van der Waals surface area contributed by atoms with Gasteiger partial charge in [-0.15, -0.1) is 10.2 Å². The number of aliphatic hydroxyl groups is 4. The maximum Gasteiger partial charge on any atom is 0.247 e. The summed E-state index contributed by atoms with van der Waals surface area (Å²) in [5.41, 5.74) is 3.24. The molecule has 0 unspecified atom stereocenters. The Hall–Kier alpha value is -2.66. The molecule has 0 spiro atoms. The highest BCUT2D eigenvalue weighted by Gasteiger charge is 2.43. The molecule has 2 aromatic carbocycles. The normalized spacial score (nSPS) is 25.9. The molecule has 1 aliphatic rings. The van der Waals surface area contributed by atoms with E-state index in [4.69, 9.17) is 9.15 Å². The Balaban J connectivity index is 1.55. The van der Waals surface area contributed by atoms with Crippen molar-refractivity contribution < 1.29 is 29.6 Å². The third-order valence-electron chi connectivity index (χ3n) is 5.49. The van der Waals surface area contributed by atoms with E-state index in [1.165, 1.54) is 0 Å². The first-order valence-electron chi connectivity index (χ1n) is 10.4. The van der Waals surface area contributed by atoms with E-state index in [0.29, 0.717) is 23.9 Å². The van der Waals surface area contributed by atoms with E-state index in [2.05, 4.69) is 10.2 Å². The summed E-state index contributed by atoms with van der Waals surface area (Å²) in [6.07, 6.45) is -5.95. The monoisotopic (exact) mass is 441 g/mol. The lowest BCUT2D eigenvalue weighted by Crippen LogP contribution is -2.55. The second-order valence-electron chi connectivity index (χ2n) is 8.19. The van der Waals surface area contributed by atoms with Crippen LogP contribution in [0.5, 0.6) is 0 Å². The Kier molecular flexibility index (Phi) is 6.66. The molecule has 9 heteroatoms. The van der Waals surface area contributed by atoms with Gasteiger partial charge in [0.15, 0.2) is 0 Å². The highest BCUT2D eigenvalue weighted by atomic mass is 16.5. The van der Waals surface area contributed by atoms with E-state index in [0.717, 1.165) is 16.7 Å². The molecule has 0 aliphatic carbocycles. The molecule has 5 atom stereocenters. The van der Waals surface area contributed by atoms with Gasteiger partial charge in [-0.25, -0.2) is 0 Å². The average molecular weight is 441 g/mol. The maximum atomic E-state index is 10.4. The highest BCUT2D eigenvalue weighted by molar-refractivity contribution is 5.68. The first kappa shape index (κ1) is 22.5. The molecule has 1 aromatic heterocycles. The molecule has 4 rings (SSSR count). The zero-order chi connectivity index (χ0) is 22.8. The standard InChI is InChI=1S/C23H27N3O6/c1-26(2)11-18-24-25-23(32-18)14-8-6-13(7-9-14)15-4-3-5-16(10-15)22-21(30)20(29)19(28)17(12-27)31-22/h3-10,17,19-22,27-30H,11-12H2,1-2H3/t17-,19-,20+,21+,22-/m1/s1. The molecule has 9 nitrogen and oxygen atoms in total. The largest absolute Gasteiger partial charge is 0.419 e. The van der Waals surface area contributed by atoms with Crippen LogP contribution < -0.4 is 0 Å². The molecular weight excluding hydrogens is 414 g/mol. The van der Waals surface area contributed by atoms with E-state index in [9.17, 15) is 20.4 Å². The summed E-state index contributed by atoms with van der Waals surface area (Å²) in [5, 5.41) is 48.1. The van der Waals surface area contributed by atoms with Gasteiger partial charge in [0.25, 0.3) is 0 Å². The molecule has 1 fully saturated rings. The van der Waals surface area contributed by atoms with Gasteiger partial charge in [0.2, 0.25) is 11.8 Å². The number of aromatic nitrogens is 2. The van der Waals surface area contributed by atoms with Crippen LogP contribution in [0, 0.1) is 0 Å². The van der Waals surface area contributed by atoms with Gasteiger partial charge >= 0.3 is 0 Å². The van der Waals surface area contributed by atoms with E-state index in [1.807, 2.05) is 61.5 Å². The Morgan fingerprint density at radius 1 is 0.875 bits per heavy atom. The summed E-state index contributed by atoms with van der Waals surface area (Å²) >= 11 is 0. The van der Waals surface area contributed by atoms with Gasteiger partial charge in [-0.1, -0.05) is 30.3 Å². The topological polar surface area (TPSA) is 132 Å². The van der Waals surface area contributed by atoms with Crippen LogP contribution in [-0.4, -0.2) is 80.6 Å². The number of aliphatic hydroxyl groups excluding tert-OH is 4. The van der Waals surface area contributed by atoms with Crippen molar-refractivity contribution >= 4 is 0 Å².